The number of amides is 1. The fourth-order valence-corrected chi connectivity index (χ4v) is 4.84. The summed E-state index contributed by atoms with van der Waals surface area (Å²) >= 11 is 9.46. The molecule has 0 spiro atoms. The van der Waals surface area contributed by atoms with E-state index in [0.717, 1.165) is 45.4 Å². The number of thiazole rings is 1. The summed E-state index contributed by atoms with van der Waals surface area (Å²) in [6.07, 6.45) is 2.02. The Hall–Kier alpha value is -1.31. The van der Waals surface area contributed by atoms with Gasteiger partial charge in [-0.1, -0.05) is 42.9 Å². The van der Waals surface area contributed by atoms with Crippen molar-refractivity contribution in [1.29, 1.82) is 0 Å². The fraction of sp³-hybridized carbons (Fsp3) is 0.364. The molecular weight excluding hydrogens is 457 g/mol. The number of rotatable bonds is 8. The minimum atomic E-state index is -0.0177. The van der Waals surface area contributed by atoms with Gasteiger partial charge in [-0.05, 0) is 62.2 Å². The number of benzene rings is 2. The molecule has 0 unspecified atom stereocenters. The van der Waals surface area contributed by atoms with E-state index in [2.05, 4.69) is 18.7 Å². The van der Waals surface area contributed by atoms with Crippen molar-refractivity contribution in [3.05, 3.63) is 52.5 Å². The molecule has 0 fully saturated rings. The Bertz CT molecular complexity index is 1010. The van der Waals surface area contributed by atoms with Crippen LogP contribution in [-0.4, -0.2) is 48.2 Å². The molecule has 3 aromatic rings. The number of carbonyl (C=O) groups is 1. The summed E-state index contributed by atoms with van der Waals surface area (Å²) in [4.78, 5) is 23.5. The molecule has 3 rings (SSSR count). The number of aryl methyl sites for hydroxylation is 1. The molecule has 1 heterocycles. The number of fused-ring (bicyclic) bond motifs is 1. The van der Waals surface area contributed by atoms with Crippen molar-refractivity contribution in [2.45, 2.75) is 25.7 Å². The minimum Gasteiger partial charge on any atom is -0.302 e. The van der Waals surface area contributed by atoms with Crippen molar-refractivity contribution in [1.82, 2.24) is 9.88 Å². The fourth-order valence-electron chi connectivity index (χ4n) is 3.18. The third kappa shape index (κ3) is 5.48. The highest BCUT2D eigenvalue weighted by molar-refractivity contribution is 7.98. The zero-order chi connectivity index (χ0) is 21.0. The van der Waals surface area contributed by atoms with E-state index in [1.54, 1.807) is 11.8 Å². The Labute approximate surface area is 198 Å². The SMILES string of the molecule is CCN(CC)CCN(C(=O)c1cccc(SC)c1)c1nc2c(C)c(Cl)ccc2s1.Cl. The van der Waals surface area contributed by atoms with E-state index < -0.39 is 0 Å². The lowest BCUT2D eigenvalue weighted by atomic mass is 10.2. The predicted octanol–water partition coefficient (Wildman–Crippen LogP) is 6.39. The highest BCUT2D eigenvalue weighted by atomic mass is 35.5. The van der Waals surface area contributed by atoms with Crippen molar-refractivity contribution in [3.8, 4) is 0 Å². The maximum Gasteiger partial charge on any atom is 0.260 e. The number of likely N-dealkylation sites (N-methyl/N-ethyl adjacent to an activating group) is 1. The number of thioether (sulfide) groups is 1. The first-order chi connectivity index (χ1) is 14.0. The van der Waals surface area contributed by atoms with Gasteiger partial charge in [0.15, 0.2) is 5.13 Å². The van der Waals surface area contributed by atoms with Gasteiger partial charge in [-0.2, -0.15) is 0 Å². The monoisotopic (exact) mass is 483 g/mol. The maximum absolute atomic E-state index is 13.5. The predicted molar refractivity (Wildman–Crippen MR) is 134 cm³/mol. The van der Waals surface area contributed by atoms with Crippen LogP contribution < -0.4 is 4.90 Å². The van der Waals surface area contributed by atoms with Crippen LogP contribution in [0.25, 0.3) is 10.2 Å². The molecule has 1 amide bonds. The second-order valence-electron chi connectivity index (χ2n) is 6.73. The topological polar surface area (TPSA) is 36.4 Å². The third-order valence-electron chi connectivity index (χ3n) is 5.06. The second-order valence-corrected chi connectivity index (χ2v) is 9.03. The molecule has 0 aliphatic carbocycles. The quantitative estimate of drug-likeness (QED) is 0.347. The molecule has 0 aliphatic heterocycles. The van der Waals surface area contributed by atoms with Crippen LogP contribution in [-0.2, 0) is 0 Å². The van der Waals surface area contributed by atoms with Crippen LogP contribution in [0.2, 0.25) is 5.02 Å². The number of carbonyl (C=O) groups excluding carboxylic acids is 1. The number of halogens is 2. The summed E-state index contributed by atoms with van der Waals surface area (Å²) in [5.41, 5.74) is 2.51. The van der Waals surface area contributed by atoms with Gasteiger partial charge < -0.3 is 4.90 Å². The van der Waals surface area contributed by atoms with Gasteiger partial charge in [0.2, 0.25) is 0 Å². The zero-order valence-electron chi connectivity index (χ0n) is 17.6. The molecule has 0 atom stereocenters. The van der Waals surface area contributed by atoms with Crippen molar-refractivity contribution in [3.63, 3.8) is 0 Å². The standard InChI is InChI=1S/C22H26ClN3OS2.ClH/c1-5-25(6-2)12-13-26(21(27)16-8-7-9-17(14-16)28-4)22-24-20-15(3)18(23)10-11-19(20)29-22;/h7-11,14H,5-6,12-13H2,1-4H3;1H. The molecule has 30 heavy (non-hydrogen) atoms. The van der Waals surface area contributed by atoms with E-state index in [0.29, 0.717) is 17.1 Å². The van der Waals surface area contributed by atoms with Gasteiger partial charge in [0, 0.05) is 28.6 Å². The molecule has 0 radical (unpaired) electrons. The molecule has 0 aliphatic rings. The van der Waals surface area contributed by atoms with Crippen LogP contribution in [0.3, 0.4) is 0 Å². The average molecular weight is 485 g/mol. The first-order valence-corrected chi connectivity index (χ1v) is 12.1. The number of anilines is 1. The summed E-state index contributed by atoms with van der Waals surface area (Å²) in [6, 6.07) is 11.7. The average Bonchev–Trinajstić information content (AvgIpc) is 3.18. The van der Waals surface area contributed by atoms with Gasteiger partial charge in [-0.15, -0.1) is 24.2 Å². The van der Waals surface area contributed by atoms with Gasteiger partial charge in [0.05, 0.1) is 10.2 Å². The Morgan fingerprint density at radius 2 is 1.90 bits per heavy atom. The zero-order valence-corrected chi connectivity index (χ0v) is 20.9. The second kappa shape index (κ2) is 11.3. The van der Waals surface area contributed by atoms with Gasteiger partial charge in [0.1, 0.15) is 0 Å². The van der Waals surface area contributed by atoms with Crippen molar-refractivity contribution in [2.24, 2.45) is 0 Å². The summed E-state index contributed by atoms with van der Waals surface area (Å²) in [7, 11) is 0. The lowest BCUT2D eigenvalue weighted by Crippen LogP contribution is -2.38. The Morgan fingerprint density at radius 1 is 1.17 bits per heavy atom. The van der Waals surface area contributed by atoms with E-state index in [1.165, 1.54) is 11.3 Å². The van der Waals surface area contributed by atoms with Crippen LogP contribution in [0, 0.1) is 6.92 Å². The first-order valence-electron chi connectivity index (χ1n) is 9.72. The summed E-state index contributed by atoms with van der Waals surface area (Å²) in [5.74, 6) is -0.0177. The van der Waals surface area contributed by atoms with Crippen LogP contribution in [0.4, 0.5) is 5.13 Å². The third-order valence-corrected chi connectivity index (χ3v) is 7.24. The van der Waals surface area contributed by atoms with Gasteiger partial charge in [0.25, 0.3) is 5.91 Å². The van der Waals surface area contributed by atoms with Crippen molar-refractivity contribution >= 4 is 68.4 Å². The molecular formula is C22H27Cl2N3OS2. The molecule has 1 aromatic heterocycles. The Kier molecular flexibility index (Phi) is 9.44. The molecule has 0 saturated heterocycles. The van der Waals surface area contributed by atoms with Gasteiger partial charge in [-0.3, -0.25) is 9.69 Å². The molecule has 0 saturated carbocycles. The van der Waals surface area contributed by atoms with E-state index in [1.807, 2.05) is 54.5 Å². The molecule has 0 N–H and O–H groups in total. The largest absolute Gasteiger partial charge is 0.302 e. The Balaban J connectivity index is 0.00000320. The highest BCUT2D eigenvalue weighted by Crippen LogP contribution is 2.34. The van der Waals surface area contributed by atoms with E-state index in [4.69, 9.17) is 16.6 Å². The summed E-state index contributed by atoms with van der Waals surface area (Å²) in [5, 5.41) is 1.42. The van der Waals surface area contributed by atoms with E-state index in [-0.39, 0.29) is 18.3 Å². The lowest BCUT2D eigenvalue weighted by Gasteiger charge is -2.25. The number of hydrogen-bond donors (Lipinski definition) is 0. The molecule has 4 nitrogen and oxygen atoms in total. The van der Waals surface area contributed by atoms with Crippen LogP contribution >= 0.6 is 47.1 Å². The maximum atomic E-state index is 13.5. The number of nitrogens with zero attached hydrogens (tertiary/aromatic N) is 3. The molecule has 2 aromatic carbocycles. The normalized spacial score (nSPS) is 11.0. The van der Waals surface area contributed by atoms with E-state index >= 15 is 0 Å². The van der Waals surface area contributed by atoms with Crippen molar-refractivity contribution < 1.29 is 4.79 Å². The van der Waals surface area contributed by atoms with E-state index in [9.17, 15) is 4.79 Å². The van der Waals surface area contributed by atoms with Crippen molar-refractivity contribution in [2.75, 3.05) is 37.3 Å². The highest BCUT2D eigenvalue weighted by Gasteiger charge is 2.23. The number of aromatic nitrogens is 1. The van der Waals surface area contributed by atoms with Crippen LogP contribution in [0.1, 0.15) is 29.8 Å². The molecule has 0 bridgehead atoms. The minimum absolute atomic E-state index is 0. The molecule has 8 heteroatoms. The van der Waals surface area contributed by atoms with Gasteiger partial charge in [-0.25, -0.2) is 4.98 Å². The Morgan fingerprint density at radius 3 is 2.57 bits per heavy atom. The van der Waals surface area contributed by atoms with Crippen LogP contribution in [0.5, 0.6) is 0 Å². The summed E-state index contributed by atoms with van der Waals surface area (Å²) in [6.45, 7) is 9.55. The van der Waals surface area contributed by atoms with Gasteiger partial charge >= 0.3 is 0 Å². The summed E-state index contributed by atoms with van der Waals surface area (Å²) < 4.78 is 1.04. The van der Waals surface area contributed by atoms with Crippen LogP contribution in [0.15, 0.2) is 41.3 Å². The smallest absolute Gasteiger partial charge is 0.260 e. The molecule has 162 valence electrons. The number of hydrogen-bond acceptors (Lipinski definition) is 5. The lowest BCUT2D eigenvalue weighted by molar-refractivity contribution is 0.0983. The first kappa shape index (κ1) is 25.0.